The van der Waals surface area contributed by atoms with Crippen molar-refractivity contribution < 1.29 is 14.3 Å². The van der Waals surface area contributed by atoms with Gasteiger partial charge in [-0.05, 0) is 87.2 Å². The summed E-state index contributed by atoms with van der Waals surface area (Å²) in [6, 6.07) is 11.6. The van der Waals surface area contributed by atoms with Crippen molar-refractivity contribution in [2.75, 3.05) is 11.5 Å². The first-order valence-corrected chi connectivity index (χ1v) is 12.7. The molecular weight excluding hydrogens is 434 g/mol. The molecule has 0 radical (unpaired) electrons. The molecule has 2 aromatic heterocycles. The van der Waals surface area contributed by atoms with Gasteiger partial charge in [-0.1, -0.05) is 6.92 Å². The normalized spacial score (nSPS) is 25.2. The highest BCUT2D eigenvalue weighted by atomic mass is 32.1. The van der Waals surface area contributed by atoms with Gasteiger partial charge in [-0.25, -0.2) is 0 Å². The molecular formula is C26H31N3O3S. The van der Waals surface area contributed by atoms with Gasteiger partial charge in [0.05, 0.1) is 23.4 Å². The van der Waals surface area contributed by atoms with Crippen molar-refractivity contribution in [2.45, 2.75) is 64.6 Å². The smallest absolute Gasteiger partial charge is 0.275 e. The second-order valence-electron chi connectivity index (χ2n) is 9.56. The minimum Gasteiger partial charge on any atom is -0.494 e. The maximum absolute atomic E-state index is 13.8. The van der Waals surface area contributed by atoms with Crippen LogP contribution in [0.5, 0.6) is 5.75 Å². The number of hydrogen-bond donors (Lipinski definition) is 1. The average Bonchev–Trinajstić information content (AvgIpc) is 3.39. The number of anilines is 1. The summed E-state index contributed by atoms with van der Waals surface area (Å²) in [5, 5.41) is 5.33. The van der Waals surface area contributed by atoms with Gasteiger partial charge in [0.15, 0.2) is 0 Å². The number of hydrogen-bond acceptors (Lipinski definition) is 4. The van der Waals surface area contributed by atoms with Crippen LogP contribution in [0.2, 0.25) is 0 Å². The fraction of sp³-hybridized carbons (Fsp3) is 0.462. The van der Waals surface area contributed by atoms with Crippen LogP contribution in [0.25, 0.3) is 10.2 Å². The van der Waals surface area contributed by atoms with E-state index in [2.05, 4.69) is 12.2 Å². The molecule has 2 aliphatic rings. The average molecular weight is 466 g/mol. The molecule has 7 heteroatoms. The summed E-state index contributed by atoms with van der Waals surface area (Å²) in [4.78, 5) is 29.4. The Morgan fingerprint density at radius 3 is 2.61 bits per heavy atom. The maximum Gasteiger partial charge on any atom is 0.275 e. The highest BCUT2D eigenvalue weighted by Crippen LogP contribution is 2.38. The molecule has 1 N–H and O–H groups in total. The molecule has 2 amide bonds. The number of fused-ring (bicyclic) bond motifs is 3. The molecule has 1 fully saturated rings. The summed E-state index contributed by atoms with van der Waals surface area (Å²) < 4.78 is 8.67. The van der Waals surface area contributed by atoms with Crippen LogP contribution in [-0.4, -0.2) is 34.6 Å². The largest absolute Gasteiger partial charge is 0.494 e. The van der Waals surface area contributed by atoms with Gasteiger partial charge in [0.1, 0.15) is 17.0 Å². The van der Waals surface area contributed by atoms with Crippen molar-refractivity contribution in [1.29, 1.82) is 0 Å². The molecule has 3 aromatic rings. The van der Waals surface area contributed by atoms with Gasteiger partial charge in [0.2, 0.25) is 5.91 Å². The van der Waals surface area contributed by atoms with Crippen LogP contribution in [0.3, 0.4) is 0 Å². The van der Waals surface area contributed by atoms with Crippen molar-refractivity contribution in [3.63, 3.8) is 0 Å². The van der Waals surface area contributed by atoms with E-state index in [9.17, 15) is 9.59 Å². The molecule has 1 aromatic carbocycles. The number of thiophene rings is 1. The Kier molecular flexibility index (Phi) is 5.69. The van der Waals surface area contributed by atoms with E-state index in [1.807, 2.05) is 60.2 Å². The van der Waals surface area contributed by atoms with Gasteiger partial charge in [-0.3, -0.25) is 14.5 Å². The lowest BCUT2D eigenvalue weighted by molar-refractivity contribution is -0.127. The number of rotatable bonds is 5. The number of carbonyl (C=O) groups is 2. The molecule has 6 nitrogen and oxygen atoms in total. The van der Waals surface area contributed by atoms with Gasteiger partial charge in [-0.15, -0.1) is 11.3 Å². The first-order chi connectivity index (χ1) is 15.9. The third kappa shape index (κ3) is 3.82. The molecule has 174 valence electrons. The highest BCUT2D eigenvalue weighted by molar-refractivity contribution is 7.17. The monoisotopic (exact) mass is 465 g/mol. The van der Waals surface area contributed by atoms with Crippen molar-refractivity contribution in [2.24, 2.45) is 5.92 Å². The Bertz CT molecular complexity index is 1170. The number of nitrogens with one attached hydrogen (secondary N) is 1. The summed E-state index contributed by atoms with van der Waals surface area (Å²) in [5.41, 5.74) is 1.30. The van der Waals surface area contributed by atoms with E-state index in [0.717, 1.165) is 41.6 Å². The first-order valence-electron chi connectivity index (χ1n) is 11.9. The first kappa shape index (κ1) is 22.0. The summed E-state index contributed by atoms with van der Waals surface area (Å²) in [7, 11) is 0. The third-order valence-electron chi connectivity index (χ3n) is 7.15. The molecule has 5 rings (SSSR count). The number of aromatic nitrogens is 1. The second kappa shape index (κ2) is 8.52. The van der Waals surface area contributed by atoms with Gasteiger partial charge >= 0.3 is 0 Å². The summed E-state index contributed by atoms with van der Waals surface area (Å²) in [6.07, 6.45) is 4.23. The minimum atomic E-state index is -1.05. The Morgan fingerprint density at radius 2 is 1.91 bits per heavy atom. The summed E-state index contributed by atoms with van der Waals surface area (Å²) in [6.45, 7) is 7.09. The van der Waals surface area contributed by atoms with Gasteiger partial charge in [0, 0.05) is 11.7 Å². The van der Waals surface area contributed by atoms with Crippen LogP contribution in [-0.2, 0) is 11.3 Å². The predicted octanol–water partition coefficient (Wildman–Crippen LogP) is 5.22. The van der Waals surface area contributed by atoms with E-state index in [1.54, 1.807) is 16.2 Å². The molecule has 33 heavy (non-hydrogen) atoms. The van der Waals surface area contributed by atoms with E-state index in [0.29, 0.717) is 30.5 Å². The topological polar surface area (TPSA) is 63.6 Å². The molecule has 0 unspecified atom stereocenters. The number of carbonyl (C=O) groups excluding carboxylic acids is 2. The van der Waals surface area contributed by atoms with E-state index in [-0.39, 0.29) is 17.9 Å². The second-order valence-corrected chi connectivity index (χ2v) is 10.5. The van der Waals surface area contributed by atoms with Crippen molar-refractivity contribution in [1.82, 2.24) is 9.88 Å². The van der Waals surface area contributed by atoms with E-state index in [1.165, 1.54) is 0 Å². The number of amides is 2. The van der Waals surface area contributed by atoms with Gasteiger partial charge in [-0.2, -0.15) is 0 Å². The standard InChI is InChI=1S/C26H31N3O3S/c1-4-32-20-11-9-19(10-12-20)29-24(30)22-15-23-21(13-14-33-23)28(22)16-26(29,3)25(31)27-18-7-5-17(2)6-8-18/h9-15,17-18H,4-8,16H2,1-3H3,(H,27,31)/t17?,18?,26-/m0/s1. The lowest BCUT2D eigenvalue weighted by atomic mass is 9.86. The van der Waals surface area contributed by atoms with Crippen LogP contribution in [0, 0.1) is 5.92 Å². The minimum absolute atomic E-state index is 0.0907. The van der Waals surface area contributed by atoms with Gasteiger partial charge < -0.3 is 14.6 Å². The third-order valence-corrected chi connectivity index (χ3v) is 8.00. The Hall–Kier alpha value is -2.80. The van der Waals surface area contributed by atoms with Crippen molar-refractivity contribution in [3.05, 3.63) is 47.5 Å². The molecule has 1 aliphatic heterocycles. The van der Waals surface area contributed by atoms with Crippen molar-refractivity contribution >= 4 is 39.1 Å². The quantitative estimate of drug-likeness (QED) is 0.562. The highest BCUT2D eigenvalue weighted by Gasteiger charge is 2.49. The maximum atomic E-state index is 13.8. The summed E-state index contributed by atoms with van der Waals surface area (Å²) in [5.74, 6) is 1.22. The molecule has 1 aliphatic carbocycles. The van der Waals surface area contributed by atoms with E-state index in [4.69, 9.17) is 4.74 Å². The molecule has 3 heterocycles. The fourth-order valence-corrected chi connectivity index (χ4v) is 6.04. The lowest BCUT2D eigenvalue weighted by Gasteiger charge is -2.45. The van der Waals surface area contributed by atoms with E-state index >= 15 is 0 Å². The molecule has 1 atom stereocenters. The zero-order chi connectivity index (χ0) is 23.2. The van der Waals surface area contributed by atoms with Crippen LogP contribution >= 0.6 is 11.3 Å². The Balaban J connectivity index is 1.53. The van der Waals surface area contributed by atoms with E-state index < -0.39 is 5.54 Å². The number of benzene rings is 1. The Morgan fingerprint density at radius 1 is 1.18 bits per heavy atom. The van der Waals surface area contributed by atoms with Crippen LogP contribution in [0.15, 0.2) is 41.8 Å². The van der Waals surface area contributed by atoms with Crippen LogP contribution in [0.4, 0.5) is 5.69 Å². The zero-order valence-corrected chi connectivity index (χ0v) is 20.3. The SMILES string of the molecule is CCOc1ccc(N2C(=O)c3cc4sccc4n3C[C@@]2(C)C(=O)NC2CCC(C)CC2)cc1. The van der Waals surface area contributed by atoms with Crippen LogP contribution in [0.1, 0.15) is 56.9 Å². The Labute approximate surface area is 198 Å². The fourth-order valence-electron chi connectivity index (χ4n) is 5.22. The summed E-state index contributed by atoms with van der Waals surface area (Å²) >= 11 is 1.62. The lowest BCUT2D eigenvalue weighted by Crippen LogP contribution is -2.65. The van der Waals surface area contributed by atoms with Crippen LogP contribution < -0.4 is 15.0 Å². The molecule has 0 bridgehead atoms. The predicted molar refractivity (Wildman–Crippen MR) is 132 cm³/mol. The molecule has 0 saturated heterocycles. The zero-order valence-electron chi connectivity index (χ0n) is 19.5. The van der Waals surface area contributed by atoms with Crippen molar-refractivity contribution in [3.8, 4) is 5.75 Å². The molecule has 0 spiro atoms. The van der Waals surface area contributed by atoms with Gasteiger partial charge in [0.25, 0.3) is 5.91 Å². The number of ether oxygens (including phenoxy) is 1. The molecule has 1 saturated carbocycles. The number of nitrogens with zero attached hydrogens (tertiary/aromatic N) is 2.